The fourth-order valence-electron chi connectivity index (χ4n) is 3.02. The molecule has 0 saturated carbocycles. The van der Waals surface area contributed by atoms with Crippen molar-refractivity contribution in [2.75, 3.05) is 0 Å². The van der Waals surface area contributed by atoms with Crippen molar-refractivity contribution in [3.05, 3.63) is 64.7 Å². The highest BCUT2D eigenvalue weighted by molar-refractivity contribution is 5.38. The van der Waals surface area contributed by atoms with E-state index in [0.29, 0.717) is 0 Å². The van der Waals surface area contributed by atoms with Gasteiger partial charge in [-0.05, 0) is 55.0 Å². The normalized spacial score (nSPS) is 19.4. The molecule has 1 aliphatic carbocycles. The standard InChI is InChI=1S/C17H19FN2/c1-11(19)13-7-8-16(18)15(10-13)14-6-2-4-12-5-3-9-20-17(12)14/h3,5,7-11,14H,2,4,6,19H2,1H3. The number of nitrogens with zero attached hydrogens (tertiary/aromatic N) is 1. The van der Waals surface area contributed by atoms with Crippen LogP contribution in [0.4, 0.5) is 4.39 Å². The highest BCUT2D eigenvalue weighted by atomic mass is 19.1. The number of fused-ring (bicyclic) bond motifs is 1. The fourth-order valence-corrected chi connectivity index (χ4v) is 3.02. The Hall–Kier alpha value is -1.74. The predicted octanol–water partition coefficient (Wildman–Crippen LogP) is 3.71. The lowest BCUT2D eigenvalue weighted by molar-refractivity contribution is 0.548. The molecule has 2 nitrogen and oxygen atoms in total. The summed E-state index contributed by atoms with van der Waals surface area (Å²) in [6, 6.07) is 9.18. The third kappa shape index (κ3) is 2.34. The van der Waals surface area contributed by atoms with Gasteiger partial charge in [-0.15, -0.1) is 0 Å². The zero-order valence-electron chi connectivity index (χ0n) is 11.6. The SMILES string of the molecule is CC(N)c1ccc(F)c(C2CCCc3cccnc32)c1. The molecule has 104 valence electrons. The number of hydrogen-bond acceptors (Lipinski definition) is 2. The number of benzene rings is 1. The first-order chi connectivity index (χ1) is 9.66. The van der Waals surface area contributed by atoms with Crippen LogP contribution in [0.3, 0.4) is 0 Å². The highest BCUT2D eigenvalue weighted by Gasteiger charge is 2.25. The second-order valence-electron chi connectivity index (χ2n) is 5.56. The van der Waals surface area contributed by atoms with Crippen LogP contribution in [0.1, 0.15) is 54.1 Å². The summed E-state index contributed by atoms with van der Waals surface area (Å²) in [5.41, 5.74) is 9.90. The lowest BCUT2D eigenvalue weighted by atomic mass is 9.81. The molecule has 0 bridgehead atoms. The van der Waals surface area contributed by atoms with Gasteiger partial charge < -0.3 is 5.73 Å². The Morgan fingerprint density at radius 2 is 2.20 bits per heavy atom. The molecule has 3 rings (SSSR count). The molecule has 0 saturated heterocycles. The van der Waals surface area contributed by atoms with E-state index in [1.807, 2.05) is 19.1 Å². The molecule has 0 amide bonds. The topological polar surface area (TPSA) is 38.9 Å². The van der Waals surface area contributed by atoms with E-state index in [0.717, 1.165) is 36.1 Å². The highest BCUT2D eigenvalue weighted by Crippen LogP contribution is 2.37. The Bertz CT molecular complexity index is 622. The van der Waals surface area contributed by atoms with Gasteiger partial charge in [0.25, 0.3) is 0 Å². The van der Waals surface area contributed by atoms with Crippen molar-refractivity contribution in [1.82, 2.24) is 4.98 Å². The first-order valence-electron chi connectivity index (χ1n) is 7.15. The van der Waals surface area contributed by atoms with Crippen molar-refractivity contribution in [2.24, 2.45) is 5.73 Å². The number of aromatic nitrogens is 1. The van der Waals surface area contributed by atoms with Gasteiger partial charge in [0.1, 0.15) is 5.82 Å². The van der Waals surface area contributed by atoms with Crippen molar-refractivity contribution < 1.29 is 4.39 Å². The minimum Gasteiger partial charge on any atom is -0.324 e. The molecule has 1 aromatic heterocycles. The van der Waals surface area contributed by atoms with Crippen LogP contribution in [0.25, 0.3) is 0 Å². The van der Waals surface area contributed by atoms with E-state index in [9.17, 15) is 4.39 Å². The molecule has 1 heterocycles. The summed E-state index contributed by atoms with van der Waals surface area (Å²) >= 11 is 0. The predicted molar refractivity (Wildman–Crippen MR) is 78.0 cm³/mol. The summed E-state index contributed by atoms with van der Waals surface area (Å²) in [7, 11) is 0. The maximum atomic E-state index is 14.2. The van der Waals surface area contributed by atoms with Gasteiger partial charge in [0.05, 0.1) is 5.69 Å². The third-order valence-corrected chi connectivity index (χ3v) is 4.12. The van der Waals surface area contributed by atoms with E-state index in [1.54, 1.807) is 12.3 Å². The smallest absolute Gasteiger partial charge is 0.127 e. The molecule has 3 heteroatoms. The van der Waals surface area contributed by atoms with E-state index >= 15 is 0 Å². The first kappa shape index (κ1) is 13.3. The van der Waals surface area contributed by atoms with Gasteiger partial charge in [-0.2, -0.15) is 0 Å². The van der Waals surface area contributed by atoms with Crippen molar-refractivity contribution >= 4 is 0 Å². The van der Waals surface area contributed by atoms with Crippen LogP contribution < -0.4 is 5.73 Å². The Labute approximate surface area is 118 Å². The van der Waals surface area contributed by atoms with Crippen molar-refractivity contribution in [2.45, 2.75) is 38.1 Å². The largest absolute Gasteiger partial charge is 0.324 e. The van der Waals surface area contributed by atoms with Gasteiger partial charge in [-0.3, -0.25) is 4.98 Å². The summed E-state index contributed by atoms with van der Waals surface area (Å²) in [5.74, 6) is -0.100. The summed E-state index contributed by atoms with van der Waals surface area (Å²) in [4.78, 5) is 4.49. The molecule has 20 heavy (non-hydrogen) atoms. The maximum Gasteiger partial charge on any atom is 0.127 e. The Morgan fingerprint density at radius 1 is 1.35 bits per heavy atom. The van der Waals surface area contributed by atoms with Crippen LogP contribution in [0.2, 0.25) is 0 Å². The number of aryl methyl sites for hydroxylation is 1. The van der Waals surface area contributed by atoms with Crippen LogP contribution in [0, 0.1) is 5.82 Å². The number of nitrogens with two attached hydrogens (primary N) is 1. The summed E-state index contributed by atoms with van der Waals surface area (Å²) in [6.07, 6.45) is 4.85. The molecule has 0 radical (unpaired) electrons. The molecule has 2 atom stereocenters. The molecule has 2 aromatic rings. The van der Waals surface area contributed by atoms with Gasteiger partial charge in [-0.25, -0.2) is 4.39 Å². The molecule has 1 aromatic carbocycles. The Balaban J connectivity index is 2.08. The van der Waals surface area contributed by atoms with Crippen LogP contribution in [-0.4, -0.2) is 4.98 Å². The molecular formula is C17H19FN2. The number of rotatable bonds is 2. The minimum absolute atomic E-state index is 0.0543. The van der Waals surface area contributed by atoms with Crippen LogP contribution in [0.15, 0.2) is 36.5 Å². The van der Waals surface area contributed by atoms with Gasteiger partial charge >= 0.3 is 0 Å². The van der Waals surface area contributed by atoms with Crippen molar-refractivity contribution in [3.8, 4) is 0 Å². The minimum atomic E-state index is -0.155. The molecule has 0 spiro atoms. The van der Waals surface area contributed by atoms with E-state index in [2.05, 4.69) is 11.1 Å². The summed E-state index contributed by atoms with van der Waals surface area (Å²) in [5, 5.41) is 0. The molecule has 0 fully saturated rings. The molecule has 2 N–H and O–H groups in total. The van der Waals surface area contributed by atoms with Gasteiger partial charge in [0.15, 0.2) is 0 Å². The van der Waals surface area contributed by atoms with Crippen LogP contribution in [-0.2, 0) is 6.42 Å². The quantitative estimate of drug-likeness (QED) is 0.903. The van der Waals surface area contributed by atoms with Crippen LogP contribution in [0.5, 0.6) is 0 Å². The number of hydrogen-bond donors (Lipinski definition) is 1. The lowest BCUT2D eigenvalue weighted by Gasteiger charge is -2.25. The van der Waals surface area contributed by atoms with Crippen LogP contribution >= 0.6 is 0 Å². The summed E-state index contributed by atoms with van der Waals surface area (Å²) in [6.45, 7) is 1.92. The van der Waals surface area contributed by atoms with Gasteiger partial charge in [-0.1, -0.05) is 18.2 Å². The monoisotopic (exact) mass is 270 g/mol. The maximum absolute atomic E-state index is 14.2. The molecule has 0 aliphatic heterocycles. The zero-order chi connectivity index (χ0) is 14.1. The summed E-state index contributed by atoms with van der Waals surface area (Å²) < 4.78 is 14.2. The Kier molecular flexibility index (Phi) is 3.53. The van der Waals surface area contributed by atoms with E-state index in [1.165, 1.54) is 11.6 Å². The molecule has 2 unspecified atom stereocenters. The molecular weight excluding hydrogens is 251 g/mol. The third-order valence-electron chi connectivity index (χ3n) is 4.12. The average Bonchev–Trinajstić information content (AvgIpc) is 2.47. The molecule has 1 aliphatic rings. The fraction of sp³-hybridized carbons (Fsp3) is 0.353. The lowest BCUT2D eigenvalue weighted by Crippen LogP contribution is -2.15. The number of halogens is 1. The second kappa shape index (κ2) is 5.33. The first-order valence-corrected chi connectivity index (χ1v) is 7.15. The van der Waals surface area contributed by atoms with Crippen molar-refractivity contribution in [1.29, 1.82) is 0 Å². The van der Waals surface area contributed by atoms with Gasteiger partial charge in [0, 0.05) is 18.2 Å². The zero-order valence-corrected chi connectivity index (χ0v) is 11.6. The average molecular weight is 270 g/mol. The second-order valence-corrected chi connectivity index (χ2v) is 5.56. The van der Waals surface area contributed by atoms with E-state index in [-0.39, 0.29) is 17.8 Å². The number of pyridine rings is 1. The van der Waals surface area contributed by atoms with Crippen molar-refractivity contribution in [3.63, 3.8) is 0 Å². The van der Waals surface area contributed by atoms with E-state index in [4.69, 9.17) is 5.73 Å². The van der Waals surface area contributed by atoms with E-state index < -0.39 is 0 Å². The van der Waals surface area contributed by atoms with Gasteiger partial charge in [0.2, 0.25) is 0 Å². The Morgan fingerprint density at radius 3 is 3.00 bits per heavy atom.